The Labute approximate surface area is 121 Å². The van der Waals surface area contributed by atoms with E-state index in [0.717, 1.165) is 24.3 Å². The van der Waals surface area contributed by atoms with Gasteiger partial charge in [0.25, 0.3) is 0 Å². The molecule has 4 heteroatoms. The lowest BCUT2D eigenvalue weighted by molar-refractivity contribution is 0.529. The SMILES string of the molecule is Cc1nn(C(C)C)cc1NCCc1ccccc1.Cl. The third-order valence-electron chi connectivity index (χ3n) is 3.02. The predicted octanol–water partition coefficient (Wildman–Crippen LogP) is 3.85. The van der Waals surface area contributed by atoms with Crippen molar-refractivity contribution in [1.82, 2.24) is 9.78 Å². The number of benzene rings is 1. The molecule has 0 aliphatic rings. The molecule has 0 radical (unpaired) electrons. The zero-order valence-corrected chi connectivity index (χ0v) is 12.6. The van der Waals surface area contributed by atoms with Crippen molar-refractivity contribution in [3.05, 3.63) is 47.8 Å². The molecule has 1 heterocycles. The number of rotatable bonds is 5. The first-order valence-electron chi connectivity index (χ1n) is 6.50. The number of aryl methyl sites for hydroxylation is 1. The van der Waals surface area contributed by atoms with Gasteiger partial charge in [0.2, 0.25) is 0 Å². The largest absolute Gasteiger partial charge is 0.382 e. The second-order valence-corrected chi connectivity index (χ2v) is 4.86. The van der Waals surface area contributed by atoms with Crippen molar-refractivity contribution in [2.45, 2.75) is 33.2 Å². The maximum atomic E-state index is 4.49. The fraction of sp³-hybridized carbons (Fsp3) is 0.400. The highest BCUT2D eigenvalue weighted by Crippen LogP contribution is 2.15. The minimum absolute atomic E-state index is 0. The maximum absolute atomic E-state index is 4.49. The van der Waals surface area contributed by atoms with E-state index in [2.05, 4.69) is 54.7 Å². The van der Waals surface area contributed by atoms with Gasteiger partial charge in [0.15, 0.2) is 0 Å². The number of halogens is 1. The predicted molar refractivity (Wildman–Crippen MR) is 83.2 cm³/mol. The molecule has 0 amide bonds. The number of hydrogen-bond acceptors (Lipinski definition) is 2. The molecule has 0 unspecified atom stereocenters. The summed E-state index contributed by atoms with van der Waals surface area (Å²) in [5.74, 6) is 0. The van der Waals surface area contributed by atoms with Crippen LogP contribution in [0.5, 0.6) is 0 Å². The first-order chi connectivity index (χ1) is 8.66. The lowest BCUT2D eigenvalue weighted by atomic mass is 10.1. The van der Waals surface area contributed by atoms with E-state index in [1.165, 1.54) is 5.56 Å². The first kappa shape index (κ1) is 15.6. The third-order valence-corrected chi connectivity index (χ3v) is 3.02. The van der Waals surface area contributed by atoms with E-state index in [9.17, 15) is 0 Å². The van der Waals surface area contributed by atoms with Gasteiger partial charge in [-0.2, -0.15) is 5.10 Å². The van der Waals surface area contributed by atoms with E-state index >= 15 is 0 Å². The van der Waals surface area contributed by atoms with Crippen molar-refractivity contribution >= 4 is 18.1 Å². The molecular weight excluding hydrogens is 258 g/mol. The normalized spacial score (nSPS) is 10.3. The molecular formula is C15H22ClN3. The first-order valence-corrected chi connectivity index (χ1v) is 6.50. The zero-order valence-electron chi connectivity index (χ0n) is 11.8. The van der Waals surface area contributed by atoms with Crippen LogP contribution in [0, 0.1) is 6.92 Å². The van der Waals surface area contributed by atoms with Gasteiger partial charge in [-0.25, -0.2) is 0 Å². The van der Waals surface area contributed by atoms with Crippen LogP contribution < -0.4 is 5.32 Å². The summed E-state index contributed by atoms with van der Waals surface area (Å²) < 4.78 is 2.00. The monoisotopic (exact) mass is 279 g/mol. The van der Waals surface area contributed by atoms with Crippen LogP contribution in [0.25, 0.3) is 0 Å². The van der Waals surface area contributed by atoms with Crippen molar-refractivity contribution in [2.75, 3.05) is 11.9 Å². The Morgan fingerprint density at radius 2 is 1.89 bits per heavy atom. The van der Waals surface area contributed by atoms with Crippen molar-refractivity contribution in [3.8, 4) is 0 Å². The Kier molecular flexibility index (Phi) is 5.90. The van der Waals surface area contributed by atoms with E-state index < -0.39 is 0 Å². The summed E-state index contributed by atoms with van der Waals surface area (Å²) in [7, 11) is 0. The number of nitrogens with one attached hydrogen (secondary N) is 1. The number of anilines is 1. The van der Waals surface area contributed by atoms with Crippen LogP contribution in [-0.4, -0.2) is 16.3 Å². The van der Waals surface area contributed by atoms with Gasteiger partial charge in [-0.1, -0.05) is 30.3 Å². The van der Waals surface area contributed by atoms with E-state index in [4.69, 9.17) is 0 Å². The molecule has 0 aliphatic carbocycles. The van der Waals surface area contributed by atoms with E-state index in [1.54, 1.807) is 0 Å². The fourth-order valence-electron chi connectivity index (χ4n) is 1.91. The highest BCUT2D eigenvalue weighted by molar-refractivity contribution is 5.85. The molecule has 1 aromatic heterocycles. The lowest BCUT2D eigenvalue weighted by Gasteiger charge is -2.05. The number of nitrogens with zero attached hydrogens (tertiary/aromatic N) is 2. The summed E-state index contributed by atoms with van der Waals surface area (Å²) >= 11 is 0. The Hall–Kier alpha value is -1.48. The summed E-state index contributed by atoms with van der Waals surface area (Å²) in [6.07, 6.45) is 3.12. The van der Waals surface area contributed by atoms with Gasteiger partial charge in [0, 0.05) is 18.8 Å². The van der Waals surface area contributed by atoms with Crippen LogP contribution in [0.1, 0.15) is 31.1 Å². The Bertz CT molecular complexity index is 491. The van der Waals surface area contributed by atoms with Gasteiger partial charge in [0.1, 0.15) is 0 Å². The molecule has 104 valence electrons. The molecule has 19 heavy (non-hydrogen) atoms. The average molecular weight is 280 g/mol. The second kappa shape index (κ2) is 7.19. The van der Waals surface area contributed by atoms with Gasteiger partial charge in [-0.05, 0) is 32.8 Å². The van der Waals surface area contributed by atoms with Gasteiger partial charge in [-0.3, -0.25) is 4.68 Å². The van der Waals surface area contributed by atoms with Crippen molar-refractivity contribution in [2.24, 2.45) is 0 Å². The van der Waals surface area contributed by atoms with Gasteiger partial charge < -0.3 is 5.32 Å². The molecule has 0 saturated heterocycles. The average Bonchev–Trinajstić information content (AvgIpc) is 2.73. The molecule has 1 aromatic carbocycles. The molecule has 0 bridgehead atoms. The zero-order chi connectivity index (χ0) is 13.0. The standard InChI is InChI=1S/C15H21N3.ClH/c1-12(2)18-11-15(13(3)17-18)16-10-9-14-7-5-4-6-8-14;/h4-8,11-12,16H,9-10H2,1-3H3;1H. The fourth-order valence-corrected chi connectivity index (χ4v) is 1.91. The minimum Gasteiger partial charge on any atom is -0.382 e. The Balaban J connectivity index is 0.00000180. The molecule has 2 aromatic rings. The van der Waals surface area contributed by atoms with E-state index in [-0.39, 0.29) is 12.4 Å². The number of aromatic nitrogens is 2. The van der Waals surface area contributed by atoms with Crippen molar-refractivity contribution < 1.29 is 0 Å². The van der Waals surface area contributed by atoms with E-state index in [0.29, 0.717) is 6.04 Å². The van der Waals surface area contributed by atoms with Gasteiger partial charge >= 0.3 is 0 Å². The molecule has 0 atom stereocenters. The highest BCUT2D eigenvalue weighted by atomic mass is 35.5. The Morgan fingerprint density at radius 3 is 2.47 bits per heavy atom. The van der Waals surface area contributed by atoms with Crippen molar-refractivity contribution in [1.29, 1.82) is 0 Å². The van der Waals surface area contributed by atoms with Crippen molar-refractivity contribution in [3.63, 3.8) is 0 Å². The molecule has 2 rings (SSSR count). The summed E-state index contributed by atoms with van der Waals surface area (Å²) in [6.45, 7) is 7.26. The van der Waals surface area contributed by atoms with Crippen LogP contribution in [-0.2, 0) is 6.42 Å². The smallest absolute Gasteiger partial charge is 0.0825 e. The van der Waals surface area contributed by atoms with Crippen LogP contribution in [0.4, 0.5) is 5.69 Å². The molecule has 1 N–H and O–H groups in total. The molecule has 0 fully saturated rings. The molecule has 0 spiro atoms. The van der Waals surface area contributed by atoms with Crippen LogP contribution in [0.15, 0.2) is 36.5 Å². The van der Waals surface area contributed by atoms with Gasteiger partial charge in [-0.15, -0.1) is 12.4 Å². The van der Waals surface area contributed by atoms with Crippen LogP contribution in [0.2, 0.25) is 0 Å². The quantitative estimate of drug-likeness (QED) is 0.901. The highest BCUT2D eigenvalue weighted by Gasteiger charge is 2.06. The van der Waals surface area contributed by atoms with Gasteiger partial charge in [0.05, 0.1) is 11.4 Å². The van der Waals surface area contributed by atoms with E-state index in [1.807, 2.05) is 17.7 Å². The maximum Gasteiger partial charge on any atom is 0.0825 e. The summed E-state index contributed by atoms with van der Waals surface area (Å²) in [5, 5.41) is 7.94. The lowest BCUT2D eigenvalue weighted by Crippen LogP contribution is -2.05. The summed E-state index contributed by atoms with van der Waals surface area (Å²) in [5.41, 5.74) is 3.57. The third kappa shape index (κ3) is 4.28. The molecule has 3 nitrogen and oxygen atoms in total. The van der Waals surface area contributed by atoms with Crippen LogP contribution in [0.3, 0.4) is 0 Å². The summed E-state index contributed by atoms with van der Waals surface area (Å²) in [4.78, 5) is 0. The van der Waals surface area contributed by atoms with Crippen LogP contribution >= 0.6 is 12.4 Å². The molecule has 0 aliphatic heterocycles. The number of hydrogen-bond donors (Lipinski definition) is 1. The summed E-state index contributed by atoms with van der Waals surface area (Å²) in [6, 6.07) is 10.9. The minimum atomic E-state index is 0. The Morgan fingerprint density at radius 1 is 1.21 bits per heavy atom. The topological polar surface area (TPSA) is 29.9 Å². The molecule has 0 saturated carbocycles. The second-order valence-electron chi connectivity index (χ2n) is 4.86.